The van der Waals surface area contributed by atoms with E-state index in [2.05, 4.69) is 17.6 Å². The summed E-state index contributed by atoms with van der Waals surface area (Å²) in [6, 6.07) is 5.61. The first kappa shape index (κ1) is 7.89. The van der Waals surface area contributed by atoms with Crippen molar-refractivity contribution in [1.82, 2.24) is 4.98 Å². The predicted molar refractivity (Wildman–Crippen MR) is 46.8 cm³/mol. The molecular weight excluding hydrogens is 166 g/mol. The van der Waals surface area contributed by atoms with Crippen molar-refractivity contribution in [2.24, 2.45) is 0 Å². The number of rotatable bonds is 2. The Bertz CT molecular complexity index is 215. The number of pyridine rings is 1. The van der Waals surface area contributed by atoms with Gasteiger partial charge < -0.3 is 0 Å². The van der Waals surface area contributed by atoms with E-state index in [1.165, 1.54) is 0 Å². The van der Waals surface area contributed by atoms with Gasteiger partial charge in [0.2, 0.25) is 0 Å². The number of aryl methyl sites for hydroxylation is 1. The molecule has 0 fully saturated rings. The Labute approximate surface area is 70.8 Å². The summed E-state index contributed by atoms with van der Waals surface area (Å²) in [5.74, 6) is 0.813. The van der Waals surface area contributed by atoms with Crippen molar-refractivity contribution in [3.8, 4) is 0 Å². The fourth-order valence-electron chi connectivity index (χ4n) is 0.704. The molecule has 10 heavy (non-hydrogen) atoms. The molecule has 0 radical (unpaired) electrons. The highest BCUT2D eigenvalue weighted by Crippen LogP contribution is 2.05. The van der Waals surface area contributed by atoms with Gasteiger partial charge in [0.05, 0.1) is 0 Å². The molecule has 0 saturated carbocycles. The van der Waals surface area contributed by atoms with Crippen LogP contribution in [-0.4, -0.2) is 10.7 Å². The van der Waals surface area contributed by atoms with Gasteiger partial charge in [-0.15, -0.1) is 0 Å². The average molecular weight is 174 g/mol. The van der Waals surface area contributed by atoms with Crippen LogP contribution < -0.4 is 0 Å². The van der Waals surface area contributed by atoms with E-state index in [4.69, 9.17) is 11.6 Å². The molecule has 1 aromatic heterocycles. The van der Waals surface area contributed by atoms with Crippen molar-refractivity contribution in [3.05, 3.63) is 29.0 Å². The maximum absolute atomic E-state index is 5.64. The topological polar surface area (TPSA) is 12.9 Å². The standard InChI is InChI=1S/C7H8ClNS/c8-7-3-1-2-6(9-7)4-5-10/h1-3,10H,4-5H2. The molecule has 0 spiro atoms. The van der Waals surface area contributed by atoms with Crippen molar-refractivity contribution in [3.63, 3.8) is 0 Å². The summed E-state index contributed by atoms with van der Waals surface area (Å²) in [6.07, 6.45) is 0.879. The van der Waals surface area contributed by atoms with E-state index in [0.717, 1.165) is 17.9 Å². The quantitative estimate of drug-likeness (QED) is 0.535. The molecule has 0 unspecified atom stereocenters. The minimum Gasteiger partial charge on any atom is -0.241 e. The highest BCUT2D eigenvalue weighted by Gasteiger charge is 1.92. The molecule has 54 valence electrons. The molecule has 1 aromatic rings. The maximum atomic E-state index is 5.64. The van der Waals surface area contributed by atoms with Crippen LogP contribution in [0.15, 0.2) is 18.2 Å². The van der Waals surface area contributed by atoms with E-state index in [0.29, 0.717) is 5.15 Å². The lowest BCUT2D eigenvalue weighted by Crippen LogP contribution is -1.89. The van der Waals surface area contributed by atoms with Gasteiger partial charge in [-0.2, -0.15) is 12.6 Å². The SMILES string of the molecule is SCCc1cccc(Cl)n1. The molecule has 0 saturated heterocycles. The van der Waals surface area contributed by atoms with Gasteiger partial charge in [0, 0.05) is 5.69 Å². The zero-order valence-electron chi connectivity index (χ0n) is 5.42. The van der Waals surface area contributed by atoms with Crippen LogP contribution in [0.5, 0.6) is 0 Å². The van der Waals surface area contributed by atoms with Crippen LogP contribution >= 0.6 is 24.2 Å². The summed E-state index contributed by atoms with van der Waals surface area (Å²) < 4.78 is 0. The van der Waals surface area contributed by atoms with Crippen LogP contribution in [0.1, 0.15) is 5.69 Å². The van der Waals surface area contributed by atoms with Gasteiger partial charge in [0.1, 0.15) is 5.15 Å². The van der Waals surface area contributed by atoms with Gasteiger partial charge in [-0.3, -0.25) is 0 Å². The van der Waals surface area contributed by atoms with Crippen molar-refractivity contribution in [2.75, 3.05) is 5.75 Å². The van der Waals surface area contributed by atoms with Gasteiger partial charge in [-0.1, -0.05) is 17.7 Å². The third-order valence-corrected chi connectivity index (χ3v) is 1.57. The minimum atomic E-state index is 0.555. The van der Waals surface area contributed by atoms with E-state index in [1.807, 2.05) is 12.1 Å². The van der Waals surface area contributed by atoms with Crippen molar-refractivity contribution in [2.45, 2.75) is 6.42 Å². The summed E-state index contributed by atoms with van der Waals surface area (Å²) in [6.45, 7) is 0. The van der Waals surface area contributed by atoms with Gasteiger partial charge in [-0.05, 0) is 24.3 Å². The molecule has 1 nitrogen and oxygen atoms in total. The van der Waals surface area contributed by atoms with E-state index in [9.17, 15) is 0 Å². The molecule has 0 N–H and O–H groups in total. The normalized spacial score (nSPS) is 9.80. The molecule has 0 amide bonds. The smallest absolute Gasteiger partial charge is 0.129 e. The van der Waals surface area contributed by atoms with Crippen molar-refractivity contribution in [1.29, 1.82) is 0 Å². The Morgan fingerprint density at radius 1 is 1.50 bits per heavy atom. The Balaban J connectivity index is 2.75. The third-order valence-electron chi connectivity index (χ3n) is 1.14. The van der Waals surface area contributed by atoms with Gasteiger partial charge in [0.15, 0.2) is 0 Å². The van der Waals surface area contributed by atoms with Crippen LogP contribution in [0, 0.1) is 0 Å². The third kappa shape index (κ3) is 2.20. The molecule has 0 atom stereocenters. The molecule has 0 aliphatic carbocycles. The number of hydrogen-bond donors (Lipinski definition) is 1. The van der Waals surface area contributed by atoms with E-state index in [-0.39, 0.29) is 0 Å². The molecular formula is C7H8ClNS. The van der Waals surface area contributed by atoms with E-state index < -0.39 is 0 Å². The first-order chi connectivity index (χ1) is 4.83. The lowest BCUT2D eigenvalue weighted by molar-refractivity contribution is 1.05. The fourth-order valence-corrected chi connectivity index (χ4v) is 1.11. The highest BCUT2D eigenvalue weighted by molar-refractivity contribution is 7.80. The van der Waals surface area contributed by atoms with Crippen LogP contribution in [0.4, 0.5) is 0 Å². The first-order valence-electron chi connectivity index (χ1n) is 3.05. The van der Waals surface area contributed by atoms with Crippen LogP contribution in [0.25, 0.3) is 0 Å². The molecule has 0 aliphatic heterocycles. The predicted octanol–water partition coefficient (Wildman–Crippen LogP) is 2.21. The highest BCUT2D eigenvalue weighted by atomic mass is 35.5. The number of halogens is 1. The van der Waals surface area contributed by atoms with Crippen LogP contribution in [0.2, 0.25) is 5.15 Å². The summed E-state index contributed by atoms with van der Waals surface area (Å²) in [7, 11) is 0. The second-order valence-electron chi connectivity index (χ2n) is 1.93. The molecule has 1 heterocycles. The minimum absolute atomic E-state index is 0.555. The first-order valence-corrected chi connectivity index (χ1v) is 4.06. The summed E-state index contributed by atoms with van der Waals surface area (Å²) in [5.41, 5.74) is 1.00. The van der Waals surface area contributed by atoms with Gasteiger partial charge in [-0.25, -0.2) is 4.98 Å². The largest absolute Gasteiger partial charge is 0.241 e. The molecule has 0 aliphatic rings. The van der Waals surface area contributed by atoms with Crippen molar-refractivity contribution >= 4 is 24.2 Å². The second-order valence-corrected chi connectivity index (χ2v) is 2.76. The van der Waals surface area contributed by atoms with Crippen molar-refractivity contribution < 1.29 is 0 Å². The number of thiol groups is 1. The molecule has 0 aromatic carbocycles. The zero-order chi connectivity index (χ0) is 7.40. The number of hydrogen-bond acceptors (Lipinski definition) is 2. The maximum Gasteiger partial charge on any atom is 0.129 e. The summed E-state index contributed by atoms with van der Waals surface area (Å²) in [4.78, 5) is 4.08. The Hall–Kier alpha value is -0.210. The fraction of sp³-hybridized carbons (Fsp3) is 0.286. The second kappa shape index (κ2) is 3.84. The van der Waals surface area contributed by atoms with E-state index >= 15 is 0 Å². The summed E-state index contributed by atoms with van der Waals surface area (Å²) in [5, 5.41) is 0.555. The number of nitrogens with zero attached hydrogens (tertiary/aromatic N) is 1. The Morgan fingerprint density at radius 2 is 2.30 bits per heavy atom. The number of aromatic nitrogens is 1. The lowest BCUT2D eigenvalue weighted by atomic mass is 10.3. The van der Waals surface area contributed by atoms with Gasteiger partial charge in [0.25, 0.3) is 0 Å². The van der Waals surface area contributed by atoms with E-state index in [1.54, 1.807) is 6.07 Å². The average Bonchev–Trinajstić information content (AvgIpc) is 1.88. The van der Waals surface area contributed by atoms with Gasteiger partial charge >= 0.3 is 0 Å². The lowest BCUT2D eigenvalue weighted by Gasteiger charge is -1.95. The van der Waals surface area contributed by atoms with Crippen LogP contribution in [-0.2, 0) is 6.42 Å². The monoisotopic (exact) mass is 173 g/mol. The zero-order valence-corrected chi connectivity index (χ0v) is 7.07. The molecule has 0 bridgehead atoms. The Kier molecular flexibility index (Phi) is 3.03. The summed E-state index contributed by atoms with van der Waals surface area (Å²) >= 11 is 9.73. The van der Waals surface area contributed by atoms with Crippen LogP contribution in [0.3, 0.4) is 0 Å². The Morgan fingerprint density at radius 3 is 2.90 bits per heavy atom. The molecule has 3 heteroatoms. The molecule has 1 rings (SSSR count).